The lowest BCUT2D eigenvalue weighted by Gasteiger charge is -2.07. The van der Waals surface area contributed by atoms with Crippen LogP contribution in [-0.4, -0.2) is 21.9 Å². The maximum absolute atomic E-state index is 12.3. The topological polar surface area (TPSA) is 98.6 Å². The van der Waals surface area contributed by atoms with Crippen LogP contribution >= 0.6 is 11.8 Å². The van der Waals surface area contributed by atoms with E-state index in [9.17, 15) is 18.7 Å². The van der Waals surface area contributed by atoms with Gasteiger partial charge in [-0.3, -0.25) is 0 Å². The number of thioether (sulfide) groups is 1. The first-order chi connectivity index (χ1) is 14.9. The van der Waals surface area contributed by atoms with Crippen molar-refractivity contribution in [3.8, 4) is 23.0 Å². The molecule has 160 valence electrons. The molecule has 0 radical (unpaired) electrons. The van der Waals surface area contributed by atoms with Crippen LogP contribution in [0, 0.1) is 0 Å². The SMILES string of the molecule is CCc1cc2c(CSc3nnc(-c4ccc(OC(F)F)cc4)o3)cc(=O)oc2cc1O. The summed E-state index contributed by atoms with van der Waals surface area (Å²) in [5, 5.41) is 19.0. The second kappa shape index (κ2) is 8.76. The molecule has 2 aromatic carbocycles. The van der Waals surface area contributed by atoms with Gasteiger partial charge < -0.3 is 18.7 Å². The van der Waals surface area contributed by atoms with E-state index in [1.807, 2.05) is 6.92 Å². The summed E-state index contributed by atoms with van der Waals surface area (Å²) < 4.78 is 39.6. The first kappa shape index (κ1) is 20.9. The van der Waals surface area contributed by atoms with Gasteiger partial charge >= 0.3 is 12.2 Å². The zero-order chi connectivity index (χ0) is 22.0. The van der Waals surface area contributed by atoms with Gasteiger partial charge in [0.25, 0.3) is 5.22 Å². The Hall–Kier alpha value is -3.40. The Balaban J connectivity index is 1.53. The van der Waals surface area contributed by atoms with Crippen molar-refractivity contribution in [2.24, 2.45) is 0 Å². The van der Waals surface area contributed by atoms with Crippen LogP contribution in [0.15, 0.2) is 61.3 Å². The van der Waals surface area contributed by atoms with Crippen molar-refractivity contribution in [2.45, 2.75) is 30.9 Å². The van der Waals surface area contributed by atoms with E-state index >= 15 is 0 Å². The second-order valence-electron chi connectivity index (χ2n) is 6.49. The lowest BCUT2D eigenvalue weighted by atomic mass is 10.1. The van der Waals surface area contributed by atoms with E-state index in [1.54, 1.807) is 6.07 Å². The summed E-state index contributed by atoms with van der Waals surface area (Å²) in [5.41, 5.74) is 1.78. The minimum atomic E-state index is -2.90. The van der Waals surface area contributed by atoms with Crippen LogP contribution in [-0.2, 0) is 12.2 Å². The van der Waals surface area contributed by atoms with E-state index < -0.39 is 12.2 Å². The van der Waals surface area contributed by atoms with Crippen molar-refractivity contribution >= 4 is 22.7 Å². The maximum Gasteiger partial charge on any atom is 0.387 e. The van der Waals surface area contributed by atoms with Crippen LogP contribution in [0.5, 0.6) is 11.5 Å². The van der Waals surface area contributed by atoms with E-state index in [0.29, 0.717) is 28.9 Å². The third-order valence-corrected chi connectivity index (χ3v) is 5.36. The fraction of sp³-hybridized carbons (Fsp3) is 0.190. The number of aryl methyl sites for hydroxylation is 1. The molecule has 0 unspecified atom stereocenters. The minimum Gasteiger partial charge on any atom is -0.508 e. The first-order valence-corrected chi connectivity index (χ1v) is 10.2. The summed E-state index contributed by atoms with van der Waals surface area (Å²) >= 11 is 1.23. The summed E-state index contributed by atoms with van der Waals surface area (Å²) in [4.78, 5) is 11.9. The zero-order valence-electron chi connectivity index (χ0n) is 16.2. The number of aromatic nitrogens is 2. The van der Waals surface area contributed by atoms with Gasteiger partial charge in [0.2, 0.25) is 5.89 Å². The normalized spacial score (nSPS) is 11.4. The van der Waals surface area contributed by atoms with Gasteiger partial charge in [-0.15, -0.1) is 10.2 Å². The molecule has 2 heterocycles. The smallest absolute Gasteiger partial charge is 0.387 e. The predicted molar refractivity (Wildman–Crippen MR) is 109 cm³/mol. The number of halogens is 2. The second-order valence-corrected chi connectivity index (χ2v) is 7.41. The highest BCUT2D eigenvalue weighted by Crippen LogP contribution is 2.31. The molecule has 2 aromatic heterocycles. The fourth-order valence-corrected chi connectivity index (χ4v) is 3.77. The summed E-state index contributed by atoms with van der Waals surface area (Å²) in [6.45, 7) is -0.980. The van der Waals surface area contributed by atoms with Gasteiger partial charge in [0.05, 0.1) is 0 Å². The van der Waals surface area contributed by atoms with Crippen molar-refractivity contribution in [3.63, 3.8) is 0 Å². The van der Waals surface area contributed by atoms with E-state index in [1.165, 1.54) is 48.2 Å². The van der Waals surface area contributed by atoms with Crippen LogP contribution < -0.4 is 10.4 Å². The van der Waals surface area contributed by atoms with E-state index in [4.69, 9.17) is 8.83 Å². The molecular formula is C21H16F2N2O5S. The van der Waals surface area contributed by atoms with Gasteiger partial charge in [-0.2, -0.15) is 8.78 Å². The maximum atomic E-state index is 12.3. The van der Waals surface area contributed by atoms with Crippen molar-refractivity contribution in [2.75, 3.05) is 0 Å². The molecule has 0 amide bonds. The highest BCUT2D eigenvalue weighted by atomic mass is 32.2. The number of ether oxygens (including phenoxy) is 1. The third-order valence-electron chi connectivity index (χ3n) is 4.49. The van der Waals surface area contributed by atoms with Crippen molar-refractivity contribution in [1.29, 1.82) is 0 Å². The number of rotatable bonds is 7. The quantitative estimate of drug-likeness (QED) is 0.313. The zero-order valence-corrected chi connectivity index (χ0v) is 17.0. The number of benzene rings is 2. The number of phenols is 1. The van der Waals surface area contributed by atoms with E-state index in [0.717, 1.165) is 10.9 Å². The van der Waals surface area contributed by atoms with E-state index in [2.05, 4.69) is 14.9 Å². The standard InChI is InChI=1S/C21H16F2N2O5S/c1-2-11-7-15-13(8-18(27)29-17(15)9-16(11)26)10-31-21-25-24-19(30-21)12-3-5-14(6-4-12)28-20(22)23/h3-9,20,26H,2,10H2,1H3. The van der Waals surface area contributed by atoms with Crippen LogP contribution in [0.4, 0.5) is 8.78 Å². The molecule has 10 heteroatoms. The molecule has 31 heavy (non-hydrogen) atoms. The molecule has 4 aromatic rings. The third kappa shape index (κ3) is 4.69. The number of hydrogen-bond acceptors (Lipinski definition) is 8. The first-order valence-electron chi connectivity index (χ1n) is 9.23. The Bertz CT molecular complexity index is 1270. The molecule has 0 aliphatic carbocycles. The van der Waals surface area contributed by atoms with Crippen LogP contribution in [0.2, 0.25) is 0 Å². The van der Waals surface area contributed by atoms with Crippen molar-refractivity contribution in [3.05, 3.63) is 64.0 Å². The highest BCUT2D eigenvalue weighted by molar-refractivity contribution is 7.98. The molecule has 0 aliphatic rings. The van der Waals surface area contributed by atoms with Gasteiger partial charge in [-0.25, -0.2) is 4.79 Å². The molecule has 4 rings (SSSR count). The Morgan fingerprint density at radius 1 is 1.10 bits per heavy atom. The number of phenolic OH excluding ortho intramolecular Hbond substituents is 1. The van der Waals surface area contributed by atoms with Crippen molar-refractivity contribution < 1.29 is 27.5 Å². The summed E-state index contributed by atoms with van der Waals surface area (Å²) in [7, 11) is 0. The highest BCUT2D eigenvalue weighted by Gasteiger charge is 2.14. The number of aromatic hydroxyl groups is 1. The molecule has 0 spiro atoms. The largest absolute Gasteiger partial charge is 0.508 e. The monoisotopic (exact) mass is 446 g/mol. The van der Waals surface area contributed by atoms with Crippen LogP contribution in [0.25, 0.3) is 22.4 Å². The van der Waals surface area contributed by atoms with Crippen LogP contribution in [0.3, 0.4) is 0 Å². The summed E-state index contributed by atoms with van der Waals surface area (Å²) in [6.07, 6.45) is 0.627. The van der Waals surface area contributed by atoms with Crippen LogP contribution in [0.1, 0.15) is 18.1 Å². The average Bonchev–Trinajstić information content (AvgIpc) is 3.20. The Morgan fingerprint density at radius 2 is 1.87 bits per heavy atom. The lowest BCUT2D eigenvalue weighted by Crippen LogP contribution is -2.01. The van der Waals surface area contributed by atoms with Gasteiger partial charge in [0.15, 0.2) is 0 Å². The summed E-state index contributed by atoms with van der Waals surface area (Å²) in [5.74, 6) is 0.690. The number of hydrogen-bond donors (Lipinski definition) is 1. The number of nitrogens with zero attached hydrogens (tertiary/aromatic N) is 2. The molecule has 0 bridgehead atoms. The molecular weight excluding hydrogens is 430 g/mol. The predicted octanol–water partition coefficient (Wildman–Crippen LogP) is 5.00. The fourth-order valence-electron chi connectivity index (χ4n) is 3.01. The van der Waals surface area contributed by atoms with Gasteiger partial charge in [0, 0.05) is 28.8 Å². The Kier molecular flexibility index (Phi) is 5.90. The Morgan fingerprint density at radius 3 is 2.58 bits per heavy atom. The average molecular weight is 446 g/mol. The van der Waals surface area contributed by atoms with Gasteiger partial charge in [-0.1, -0.05) is 18.7 Å². The molecule has 0 fully saturated rings. The van der Waals surface area contributed by atoms with E-state index in [-0.39, 0.29) is 22.6 Å². The minimum absolute atomic E-state index is 0.0279. The lowest BCUT2D eigenvalue weighted by molar-refractivity contribution is -0.0498. The number of alkyl halides is 2. The van der Waals surface area contributed by atoms with Crippen molar-refractivity contribution in [1.82, 2.24) is 10.2 Å². The van der Waals surface area contributed by atoms with Gasteiger partial charge in [0.1, 0.15) is 17.1 Å². The molecule has 0 saturated carbocycles. The molecule has 0 atom stereocenters. The molecule has 0 saturated heterocycles. The number of fused-ring (bicyclic) bond motifs is 1. The Labute approximate surface area is 178 Å². The summed E-state index contributed by atoms with van der Waals surface area (Å²) in [6, 6.07) is 10.5. The molecule has 1 N–H and O–H groups in total. The van der Waals surface area contributed by atoms with Gasteiger partial charge in [-0.05, 0) is 47.9 Å². The molecule has 7 nitrogen and oxygen atoms in total. The molecule has 0 aliphatic heterocycles.